The highest BCUT2D eigenvalue weighted by molar-refractivity contribution is 5.52. The Morgan fingerprint density at radius 2 is 0.818 bits per heavy atom. The van der Waals surface area contributed by atoms with Gasteiger partial charge < -0.3 is 0 Å². The second-order valence-corrected chi connectivity index (χ2v) is 11.3. The lowest BCUT2D eigenvalue weighted by atomic mass is 9.96. The molecule has 0 nitrogen and oxygen atoms in total. The van der Waals surface area contributed by atoms with E-state index in [0.717, 1.165) is 11.8 Å². The van der Waals surface area contributed by atoms with Crippen molar-refractivity contribution in [1.82, 2.24) is 0 Å². The average molecular weight is 445 g/mol. The van der Waals surface area contributed by atoms with Gasteiger partial charge in [0.1, 0.15) is 0 Å². The molecule has 0 saturated carbocycles. The Hall–Kier alpha value is -2.08. The summed E-state index contributed by atoms with van der Waals surface area (Å²) in [5, 5.41) is 0. The monoisotopic (exact) mass is 444 g/mol. The van der Waals surface area contributed by atoms with Crippen molar-refractivity contribution in [2.75, 3.05) is 0 Å². The van der Waals surface area contributed by atoms with Gasteiger partial charge in [0.2, 0.25) is 0 Å². The van der Waals surface area contributed by atoms with E-state index in [-0.39, 0.29) is 0 Å². The minimum absolute atomic E-state index is 0.645. The molecule has 0 fully saturated rings. The molecule has 0 spiro atoms. The van der Waals surface area contributed by atoms with Crippen LogP contribution in [0.25, 0.3) is 0 Å². The highest BCUT2D eigenvalue weighted by Gasteiger charge is 2.23. The van der Waals surface area contributed by atoms with E-state index in [0.29, 0.717) is 11.8 Å². The molecule has 0 atom stereocenters. The van der Waals surface area contributed by atoms with Crippen LogP contribution >= 0.6 is 0 Å². The molecular formula is C33H48. The molecule has 33 heavy (non-hydrogen) atoms. The first-order chi connectivity index (χ1) is 15.5. The summed E-state index contributed by atoms with van der Waals surface area (Å²) in [5.41, 5.74) is 12.3. The van der Waals surface area contributed by atoms with Gasteiger partial charge in [0.15, 0.2) is 0 Å². The van der Waals surface area contributed by atoms with E-state index in [9.17, 15) is 0 Å². The maximum absolute atomic E-state index is 2.44. The van der Waals surface area contributed by atoms with Crippen LogP contribution < -0.4 is 0 Å². The van der Waals surface area contributed by atoms with Crippen LogP contribution in [0.15, 0.2) is 82.0 Å². The molecule has 0 heterocycles. The zero-order chi connectivity index (χ0) is 24.7. The van der Waals surface area contributed by atoms with Gasteiger partial charge in [0.05, 0.1) is 0 Å². The number of rotatable bonds is 4. The Kier molecular flexibility index (Phi) is 10.2. The molecule has 3 aliphatic rings. The summed E-state index contributed by atoms with van der Waals surface area (Å²) in [4.78, 5) is 0. The number of hydrogen-bond donors (Lipinski definition) is 0. The summed E-state index contributed by atoms with van der Waals surface area (Å²) < 4.78 is 0. The molecule has 0 saturated heterocycles. The normalized spacial score (nSPS) is 16.9. The molecule has 1 aromatic carbocycles. The third-order valence-corrected chi connectivity index (χ3v) is 6.88. The smallest absolute Gasteiger partial charge is 0.00585 e. The lowest BCUT2D eigenvalue weighted by molar-refractivity contribution is 0.737. The quantitative estimate of drug-likeness (QED) is 0.433. The second kappa shape index (κ2) is 12.4. The van der Waals surface area contributed by atoms with Crippen LogP contribution in [0.1, 0.15) is 111 Å². The molecule has 3 aliphatic carbocycles. The minimum Gasteiger partial charge on any atom is -0.0693 e. The van der Waals surface area contributed by atoms with Gasteiger partial charge in [-0.1, -0.05) is 126 Å². The molecule has 0 aliphatic heterocycles. The number of benzene rings is 1. The van der Waals surface area contributed by atoms with Gasteiger partial charge in [-0.3, -0.25) is 0 Å². The van der Waals surface area contributed by atoms with Crippen LogP contribution in [0.4, 0.5) is 0 Å². The zero-order valence-electron chi connectivity index (χ0n) is 23.0. The minimum atomic E-state index is 0.645. The van der Waals surface area contributed by atoms with Crippen LogP contribution in [-0.4, -0.2) is 0 Å². The Morgan fingerprint density at radius 1 is 0.485 bits per heavy atom. The average Bonchev–Trinajstić information content (AvgIpc) is 3.43. The Morgan fingerprint density at radius 3 is 1.03 bits per heavy atom. The van der Waals surface area contributed by atoms with E-state index in [1.807, 2.05) is 0 Å². The van der Waals surface area contributed by atoms with Gasteiger partial charge in [-0.15, -0.1) is 0 Å². The van der Waals surface area contributed by atoms with Crippen LogP contribution in [0.3, 0.4) is 0 Å². The summed E-state index contributed by atoms with van der Waals surface area (Å²) in [7, 11) is 0. The molecule has 180 valence electrons. The highest BCUT2D eigenvalue weighted by Crippen LogP contribution is 2.40. The van der Waals surface area contributed by atoms with Crippen LogP contribution in [0.5, 0.6) is 0 Å². The Balaban J connectivity index is 0.000000185. The van der Waals surface area contributed by atoms with Crippen LogP contribution in [0.2, 0.25) is 0 Å². The van der Waals surface area contributed by atoms with E-state index in [4.69, 9.17) is 0 Å². The summed E-state index contributed by atoms with van der Waals surface area (Å²) in [6.07, 6.45) is 12.8. The molecule has 0 bridgehead atoms. The van der Waals surface area contributed by atoms with E-state index in [1.165, 1.54) is 41.5 Å². The summed E-state index contributed by atoms with van der Waals surface area (Å²) >= 11 is 0. The Labute approximate surface area is 205 Å². The fraction of sp³-hybridized carbons (Fsp3) is 0.515. The fourth-order valence-electron chi connectivity index (χ4n) is 4.35. The zero-order valence-corrected chi connectivity index (χ0v) is 23.0. The first-order valence-electron chi connectivity index (χ1n) is 13.0. The molecule has 4 rings (SSSR count). The van der Waals surface area contributed by atoms with Crippen molar-refractivity contribution in [3.8, 4) is 0 Å². The van der Waals surface area contributed by atoms with Gasteiger partial charge >= 0.3 is 0 Å². The third-order valence-electron chi connectivity index (χ3n) is 6.88. The van der Waals surface area contributed by atoms with Gasteiger partial charge in [0.25, 0.3) is 0 Å². The fourth-order valence-corrected chi connectivity index (χ4v) is 4.35. The molecule has 0 N–H and O–H groups in total. The summed E-state index contributed by atoms with van der Waals surface area (Å²) in [5.74, 6) is 2.73. The molecule has 0 aromatic heterocycles. The lowest BCUT2D eigenvalue weighted by Crippen LogP contribution is -1.94. The van der Waals surface area contributed by atoms with Crippen LogP contribution in [0, 0.1) is 11.8 Å². The lowest BCUT2D eigenvalue weighted by Gasteiger charge is -2.09. The van der Waals surface area contributed by atoms with Crippen molar-refractivity contribution < 1.29 is 0 Å². The maximum Gasteiger partial charge on any atom is -0.00585 e. The molecule has 0 radical (unpaired) electrons. The first-order valence-corrected chi connectivity index (χ1v) is 13.0. The topological polar surface area (TPSA) is 0 Å². The predicted molar refractivity (Wildman–Crippen MR) is 149 cm³/mol. The predicted octanol–water partition coefficient (Wildman–Crippen LogP) is 10.5. The molecule has 0 amide bonds. The molecular weight excluding hydrogens is 396 g/mol. The van der Waals surface area contributed by atoms with Crippen molar-refractivity contribution in [3.63, 3.8) is 0 Å². The SMILES string of the molecule is CC(C)C1=CC2=C(C=C(C(C)C)C2)C1.CC(C)c1ccc(C(C)C)cc1.CC1=CC=C(C)C1. The standard InChI is InChI=1S/C14H20.C12H18.C7H10/c1-9(2)11-5-13-7-12(10(3)4)8-14(13)6-11;1-9(2)11-5-7-12(8-6-11)10(3)4;1-6-3-4-7(2)5-6/h5,8-10H,6-7H2,1-4H3;5-10H,1-4H3;3-4H,5H2,1-2H3. The van der Waals surface area contributed by atoms with E-state index >= 15 is 0 Å². The van der Waals surface area contributed by atoms with Crippen molar-refractivity contribution in [3.05, 3.63) is 93.1 Å². The van der Waals surface area contributed by atoms with E-state index in [2.05, 4.69) is 118 Å². The van der Waals surface area contributed by atoms with Crippen LogP contribution in [-0.2, 0) is 0 Å². The van der Waals surface area contributed by atoms with Crippen molar-refractivity contribution in [1.29, 1.82) is 0 Å². The van der Waals surface area contributed by atoms with Gasteiger partial charge in [-0.2, -0.15) is 0 Å². The third kappa shape index (κ3) is 8.33. The highest BCUT2D eigenvalue weighted by atomic mass is 14.3. The Bertz CT molecular complexity index is 857. The molecule has 0 unspecified atom stereocenters. The summed E-state index contributed by atoms with van der Waals surface area (Å²) in [6, 6.07) is 8.94. The number of allylic oxidation sites excluding steroid dienone is 10. The molecule has 0 heteroatoms. The maximum atomic E-state index is 2.44. The largest absolute Gasteiger partial charge is 0.0693 e. The first kappa shape index (κ1) is 27.2. The van der Waals surface area contributed by atoms with Gasteiger partial charge in [0, 0.05) is 0 Å². The van der Waals surface area contributed by atoms with E-state index in [1.54, 1.807) is 22.3 Å². The summed E-state index contributed by atoms with van der Waals surface area (Å²) in [6.45, 7) is 22.4. The second-order valence-electron chi connectivity index (χ2n) is 11.3. The number of hydrogen-bond acceptors (Lipinski definition) is 0. The molecule has 1 aromatic rings. The van der Waals surface area contributed by atoms with Gasteiger partial charge in [-0.25, -0.2) is 0 Å². The van der Waals surface area contributed by atoms with E-state index < -0.39 is 0 Å². The van der Waals surface area contributed by atoms with Gasteiger partial charge in [-0.05, 0) is 79.1 Å². The van der Waals surface area contributed by atoms with Crippen molar-refractivity contribution in [2.45, 2.75) is 100 Å². The van der Waals surface area contributed by atoms with Crippen molar-refractivity contribution in [2.24, 2.45) is 11.8 Å². The van der Waals surface area contributed by atoms with Crippen molar-refractivity contribution >= 4 is 0 Å².